The summed E-state index contributed by atoms with van der Waals surface area (Å²) in [6, 6.07) is 4.57. The first-order valence-corrected chi connectivity index (χ1v) is 8.62. The van der Waals surface area contributed by atoms with E-state index in [4.69, 9.17) is 4.74 Å². The third-order valence-corrected chi connectivity index (χ3v) is 4.89. The molecule has 118 valence electrons. The third-order valence-electron chi connectivity index (χ3n) is 3.99. The van der Waals surface area contributed by atoms with E-state index >= 15 is 0 Å². The molecule has 1 aliphatic carbocycles. The standard InChI is InChI=1S/C16H23FINO2/c1-11-4-2-3-5-16(11)21-10-13(20)9-19-15-7-6-12(17)8-14(15)18/h6-8,11,13,16,19-20H,2-5,9-10H2,1H3. The molecular formula is C16H23FINO2. The maximum absolute atomic E-state index is 13.0. The summed E-state index contributed by atoms with van der Waals surface area (Å²) in [7, 11) is 0. The zero-order valence-electron chi connectivity index (χ0n) is 12.3. The Kier molecular flexibility index (Phi) is 6.70. The van der Waals surface area contributed by atoms with Gasteiger partial charge in [-0.1, -0.05) is 19.8 Å². The fourth-order valence-electron chi connectivity index (χ4n) is 2.68. The first-order valence-electron chi connectivity index (χ1n) is 7.55. The van der Waals surface area contributed by atoms with Gasteiger partial charge in [0.15, 0.2) is 0 Å². The summed E-state index contributed by atoms with van der Waals surface area (Å²) in [6.07, 6.45) is 4.54. The van der Waals surface area contributed by atoms with Crippen LogP contribution < -0.4 is 5.32 Å². The Labute approximate surface area is 139 Å². The van der Waals surface area contributed by atoms with E-state index in [2.05, 4.69) is 34.8 Å². The Bertz CT molecular complexity index is 458. The summed E-state index contributed by atoms with van der Waals surface area (Å²) in [6.45, 7) is 2.97. The molecule has 1 saturated carbocycles. The van der Waals surface area contributed by atoms with Gasteiger partial charge in [0.25, 0.3) is 0 Å². The highest BCUT2D eigenvalue weighted by Gasteiger charge is 2.22. The lowest BCUT2D eigenvalue weighted by Crippen LogP contribution is -2.32. The number of nitrogens with one attached hydrogen (secondary N) is 1. The number of benzene rings is 1. The van der Waals surface area contributed by atoms with Crippen molar-refractivity contribution in [2.75, 3.05) is 18.5 Å². The maximum atomic E-state index is 13.0. The molecule has 3 nitrogen and oxygen atoms in total. The molecule has 1 aromatic rings. The van der Waals surface area contributed by atoms with Crippen molar-refractivity contribution in [2.24, 2.45) is 5.92 Å². The summed E-state index contributed by atoms with van der Waals surface area (Å²) < 4.78 is 19.7. The van der Waals surface area contributed by atoms with Crippen molar-refractivity contribution in [3.05, 3.63) is 27.6 Å². The van der Waals surface area contributed by atoms with Crippen LogP contribution in [0.3, 0.4) is 0 Å². The number of hydrogen-bond acceptors (Lipinski definition) is 3. The van der Waals surface area contributed by atoms with Crippen LogP contribution in [0.4, 0.5) is 10.1 Å². The van der Waals surface area contributed by atoms with E-state index < -0.39 is 6.10 Å². The van der Waals surface area contributed by atoms with Crippen molar-refractivity contribution < 1.29 is 14.2 Å². The van der Waals surface area contributed by atoms with Crippen molar-refractivity contribution in [1.29, 1.82) is 0 Å². The van der Waals surface area contributed by atoms with Gasteiger partial charge in [-0.3, -0.25) is 0 Å². The van der Waals surface area contributed by atoms with Crippen molar-refractivity contribution in [2.45, 2.75) is 44.8 Å². The molecule has 1 fully saturated rings. The zero-order chi connectivity index (χ0) is 15.2. The lowest BCUT2D eigenvalue weighted by Gasteiger charge is -2.29. The number of anilines is 1. The topological polar surface area (TPSA) is 41.5 Å². The van der Waals surface area contributed by atoms with Gasteiger partial charge in [-0.2, -0.15) is 0 Å². The van der Waals surface area contributed by atoms with Gasteiger partial charge in [-0.15, -0.1) is 0 Å². The molecule has 0 saturated heterocycles. The molecule has 5 heteroatoms. The van der Waals surface area contributed by atoms with E-state index in [1.807, 2.05) is 0 Å². The van der Waals surface area contributed by atoms with Gasteiger partial charge in [-0.25, -0.2) is 4.39 Å². The third kappa shape index (κ3) is 5.38. The maximum Gasteiger partial charge on any atom is 0.124 e. The van der Waals surface area contributed by atoms with Gasteiger partial charge in [0.2, 0.25) is 0 Å². The Morgan fingerprint density at radius 1 is 1.43 bits per heavy atom. The molecular weight excluding hydrogens is 384 g/mol. The number of aliphatic hydroxyl groups is 1. The molecule has 0 radical (unpaired) electrons. The summed E-state index contributed by atoms with van der Waals surface area (Å²) in [5.74, 6) is 0.331. The van der Waals surface area contributed by atoms with Crippen molar-refractivity contribution in [3.8, 4) is 0 Å². The monoisotopic (exact) mass is 407 g/mol. The Morgan fingerprint density at radius 2 is 2.19 bits per heavy atom. The van der Waals surface area contributed by atoms with Crippen LogP contribution in [-0.2, 0) is 4.74 Å². The minimum absolute atomic E-state index is 0.250. The SMILES string of the molecule is CC1CCCCC1OCC(O)CNc1ccc(F)cc1I. The van der Waals surface area contributed by atoms with Crippen molar-refractivity contribution >= 4 is 28.3 Å². The van der Waals surface area contributed by atoms with Crippen LogP contribution in [-0.4, -0.2) is 30.5 Å². The van der Waals surface area contributed by atoms with Crippen LogP contribution in [0.15, 0.2) is 18.2 Å². The molecule has 0 aromatic heterocycles. The summed E-state index contributed by atoms with van der Waals surface area (Å²) >= 11 is 2.08. The Balaban J connectivity index is 1.73. The molecule has 0 aliphatic heterocycles. The van der Waals surface area contributed by atoms with E-state index in [1.54, 1.807) is 6.07 Å². The smallest absolute Gasteiger partial charge is 0.124 e. The molecule has 0 heterocycles. The van der Waals surface area contributed by atoms with Gasteiger partial charge in [0.1, 0.15) is 5.82 Å². The normalized spacial score (nSPS) is 23.8. The van der Waals surface area contributed by atoms with Gasteiger partial charge >= 0.3 is 0 Å². The predicted molar refractivity (Wildman–Crippen MR) is 91.0 cm³/mol. The molecule has 1 aromatic carbocycles. The number of rotatable bonds is 6. The van der Waals surface area contributed by atoms with E-state index in [1.165, 1.54) is 31.4 Å². The van der Waals surface area contributed by atoms with Gasteiger partial charge in [0, 0.05) is 15.8 Å². The Morgan fingerprint density at radius 3 is 2.90 bits per heavy atom. The quantitative estimate of drug-likeness (QED) is 0.705. The minimum atomic E-state index is -0.556. The molecule has 0 spiro atoms. The van der Waals surface area contributed by atoms with E-state index in [9.17, 15) is 9.50 Å². The highest BCUT2D eigenvalue weighted by molar-refractivity contribution is 14.1. The second-order valence-corrected chi connectivity index (χ2v) is 6.95. The second kappa shape index (κ2) is 8.29. The first-order chi connectivity index (χ1) is 10.1. The van der Waals surface area contributed by atoms with E-state index in [-0.39, 0.29) is 11.9 Å². The molecule has 2 N–H and O–H groups in total. The van der Waals surface area contributed by atoms with Crippen LogP contribution in [0.1, 0.15) is 32.6 Å². The van der Waals surface area contributed by atoms with Gasteiger partial charge in [0.05, 0.1) is 18.8 Å². The highest BCUT2D eigenvalue weighted by Crippen LogP contribution is 2.26. The first kappa shape index (κ1) is 17.0. The van der Waals surface area contributed by atoms with Crippen LogP contribution in [0.25, 0.3) is 0 Å². The van der Waals surface area contributed by atoms with Gasteiger partial charge in [-0.05, 0) is 59.5 Å². The van der Waals surface area contributed by atoms with Crippen LogP contribution in [0.5, 0.6) is 0 Å². The predicted octanol–water partition coefficient (Wildman–Crippen LogP) is 3.80. The average molecular weight is 407 g/mol. The fourth-order valence-corrected chi connectivity index (χ4v) is 3.35. The van der Waals surface area contributed by atoms with E-state index in [0.717, 1.165) is 15.7 Å². The lowest BCUT2D eigenvalue weighted by atomic mass is 9.88. The van der Waals surface area contributed by atoms with Gasteiger partial charge < -0.3 is 15.2 Å². The van der Waals surface area contributed by atoms with E-state index in [0.29, 0.717) is 19.1 Å². The van der Waals surface area contributed by atoms with Crippen LogP contribution in [0, 0.1) is 15.3 Å². The number of aliphatic hydroxyl groups excluding tert-OH is 1. The van der Waals surface area contributed by atoms with Crippen molar-refractivity contribution in [3.63, 3.8) is 0 Å². The number of hydrogen-bond donors (Lipinski definition) is 2. The minimum Gasteiger partial charge on any atom is -0.389 e. The summed E-state index contributed by atoms with van der Waals surface area (Å²) in [4.78, 5) is 0. The molecule has 0 bridgehead atoms. The fraction of sp³-hybridized carbons (Fsp3) is 0.625. The summed E-state index contributed by atoms with van der Waals surface area (Å²) in [5.41, 5.74) is 0.835. The van der Waals surface area contributed by atoms with Crippen LogP contribution in [0.2, 0.25) is 0 Å². The molecule has 1 aliphatic rings. The molecule has 0 amide bonds. The molecule has 3 atom stereocenters. The number of halogens is 2. The molecule has 3 unspecified atom stereocenters. The molecule has 2 rings (SSSR count). The Hall–Kier alpha value is -0.400. The summed E-state index contributed by atoms with van der Waals surface area (Å²) in [5, 5.41) is 13.1. The zero-order valence-corrected chi connectivity index (χ0v) is 14.5. The number of ether oxygens (including phenoxy) is 1. The highest BCUT2D eigenvalue weighted by atomic mass is 127. The lowest BCUT2D eigenvalue weighted by molar-refractivity contribution is -0.0424. The average Bonchev–Trinajstić information content (AvgIpc) is 2.45. The largest absolute Gasteiger partial charge is 0.389 e. The molecule has 21 heavy (non-hydrogen) atoms. The van der Waals surface area contributed by atoms with Crippen molar-refractivity contribution in [1.82, 2.24) is 0 Å². The second-order valence-electron chi connectivity index (χ2n) is 5.79. The van der Waals surface area contributed by atoms with Crippen LogP contribution >= 0.6 is 22.6 Å².